The Morgan fingerprint density at radius 3 is 2.77 bits per heavy atom. The lowest BCUT2D eigenvalue weighted by Gasteiger charge is -2.08. The van der Waals surface area contributed by atoms with E-state index in [2.05, 4.69) is 11.1 Å². The van der Waals surface area contributed by atoms with E-state index in [4.69, 9.17) is 10.00 Å². The zero-order valence-corrected chi connectivity index (χ0v) is 8.09. The van der Waals surface area contributed by atoms with Crippen molar-refractivity contribution in [3.63, 3.8) is 0 Å². The standard InChI is InChI=1S/C10H12N2O/c1-7-6-8(2)12-10(13-3)9(7)4-5-11/h6H,4H2,1-3H3. The number of nitrogens with zero attached hydrogens (tertiary/aromatic N) is 2. The molecule has 0 atom stereocenters. The summed E-state index contributed by atoms with van der Waals surface area (Å²) in [7, 11) is 1.57. The van der Waals surface area contributed by atoms with Crippen molar-refractivity contribution in [1.82, 2.24) is 4.98 Å². The molecule has 0 saturated carbocycles. The minimum Gasteiger partial charge on any atom is -0.481 e. The molecule has 0 aromatic carbocycles. The maximum Gasteiger partial charge on any atom is 0.217 e. The molecule has 1 aromatic heterocycles. The average Bonchev–Trinajstić information content (AvgIpc) is 2.09. The van der Waals surface area contributed by atoms with Crippen molar-refractivity contribution in [2.45, 2.75) is 20.3 Å². The Morgan fingerprint density at radius 2 is 2.23 bits per heavy atom. The van der Waals surface area contributed by atoms with Gasteiger partial charge in [0, 0.05) is 11.3 Å². The van der Waals surface area contributed by atoms with Gasteiger partial charge in [-0.05, 0) is 25.5 Å². The quantitative estimate of drug-likeness (QED) is 0.689. The van der Waals surface area contributed by atoms with E-state index in [0.29, 0.717) is 12.3 Å². The lowest BCUT2D eigenvalue weighted by Crippen LogP contribution is -1.99. The molecule has 13 heavy (non-hydrogen) atoms. The van der Waals surface area contributed by atoms with Gasteiger partial charge in [0.1, 0.15) is 0 Å². The van der Waals surface area contributed by atoms with Crippen LogP contribution in [-0.2, 0) is 6.42 Å². The normalized spacial score (nSPS) is 9.38. The molecule has 0 radical (unpaired) electrons. The fourth-order valence-electron chi connectivity index (χ4n) is 1.29. The minimum absolute atomic E-state index is 0.349. The van der Waals surface area contributed by atoms with Crippen molar-refractivity contribution in [3.8, 4) is 11.9 Å². The van der Waals surface area contributed by atoms with Gasteiger partial charge in [0.15, 0.2) is 0 Å². The molecule has 0 unspecified atom stereocenters. The van der Waals surface area contributed by atoms with Crippen molar-refractivity contribution in [3.05, 3.63) is 22.9 Å². The zero-order chi connectivity index (χ0) is 9.84. The molecule has 0 spiro atoms. The van der Waals surface area contributed by atoms with Crippen molar-refractivity contribution in [2.24, 2.45) is 0 Å². The summed E-state index contributed by atoms with van der Waals surface area (Å²) in [6.45, 7) is 3.87. The van der Waals surface area contributed by atoms with Gasteiger partial charge in [0.25, 0.3) is 0 Å². The summed E-state index contributed by atoms with van der Waals surface area (Å²) in [6.07, 6.45) is 0.349. The maximum absolute atomic E-state index is 8.60. The number of aromatic nitrogens is 1. The topological polar surface area (TPSA) is 45.9 Å². The lowest BCUT2D eigenvalue weighted by atomic mass is 10.1. The van der Waals surface area contributed by atoms with Crippen LogP contribution in [0.4, 0.5) is 0 Å². The highest BCUT2D eigenvalue weighted by molar-refractivity contribution is 5.37. The summed E-state index contributed by atoms with van der Waals surface area (Å²) < 4.78 is 5.10. The van der Waals surface area contributed by atoms with Crippen LogP contribution in [0.1, 0.15) is 16.8 Å². The first kappa shape index (κ1) is 9.53. The Hall–Kier alpha value is -1.56. The van der Waals surface area contributed by atoms with Gasteiger partial charge in [-0.1, -0.05) is 0 Å². The van der Waals surface area contributed by atoms with E-state index in [0.717, 1.165) is 16.8 Å². The summed E-state index contributed by atoms with van der Waals surface area (Å²) in [6, 6.07) is 4.05. The van der Waals surface area contributed by atoms with Crippen molar-refractivity contribution in [2.75, 3.05) is 7.11 Å². The van der Waals surface area contributed by atoms with Gasteiger partial charge in [0.2, 0.25) is 5.88 Å². The molecule has 0 saturated heterocycles. The first-order valence-electron chi connectivity index (χ1n) is 4.07. The molecule has 0 bridgehead atoms. The van der Waals surface area contributed by atoms with Gasteiger partial charge in [0.05, 0.1) is 19.6 Å². The van der Waals surface area contributed by atoms with Gasteiger partial charge >= 0.3 is 0 Å². The summed E-state index contributed by atoms with van der Waals surface area (Å²) in [5, 5.41) is 8.60. The molecule has 1 rings (SSSR count). The Kier molecular flexibility index (Phi) is 2.86. The molecular formula is C10H12N2O. The van der Waals surface area contributed by atoms with Crippen molar-refractivity contribution in [1.29, 1.82) is 5.26 Å². The van der Waals surface area contributed by atoms with Gasteiger partial charge in [-0.25, -0.2) is 4.98 Å². The minimum atomic E-state index is 0.349. The zero-order valence-electron chi connectivity index (χ0n) is 8.09. The molecule has 3 heteroatoms. The molecule has 3 nitrogen and oxygen atoms in total. The van der Waals surface area contributed by atoms with Crippen LogP contribution in [0.25, 0.3) is 0 Å². The summed E-state index contributed by atoms with van der Waals surface area (Å²) >= 11 is 0. The number of nitriles is 1. The highest BCUT2D eigenvalue weighted by Crippen LogP contribution is 2.20. The molecule has 0 aliphatic carbocycles. The highest BCUT2D eigenvalue weighted by atomic mass is 16.5. The monoisotopic (exact) mass is 176 g/mol. The van der Waals surface area contributed by atoms with Crippen molar-refractivity contribution >= 4 is 0 Å². The summed E-state index contributed by atoms with van der Waals surface area (Å²) in [4.78, 5) is 4.20. The van der Waals surface area contributed by atoms with E-state index in [1.54, 1.807) is 7.11 Å². The van der Waals surface area contributed by atoms with Crippen LogP contribution in [0.3, 0.4) is 0 Å². The van der Waals surface area contributed by atoms with Gasteiger partial charge < -0.3 is 4.74 Å². The number of hydrogen-bond acceptors (Lipinski definition) is 3. The molecule has 68 valence electrons. The second-order valence-corrected chi connectivity index (χ2v) is 2.90. The number of ether oxygens (including phenoxy) is 1. The van der Waals surface area contributed by atoms with Crippen LogP contribution < -0.4 is 4.74 Å². The summed E-state index contributed by atoms with van der Waals surface area (Å²) in [5.74, 6) is 0.569. The fraction of sp³-hybridized carbons (Fsp3) is 0.400. The van der Waals surface area contributed by atoms with E-state index in [9.17, 15) is 0 Å². The number of methoxy groups -OCH3 is 1. The van der Waals surface area contributed by atoms with Gasteiger partial charge in [-0.3, -0.25) is 0 Å². The van der Waals surface area contributed by atoms with E-state index in [1.807, 2.05) is 19.9 Å². The smallest absolute Gasteiger partial charge is 0.217 e. The molecule has 1 aromatic rings. The molecule has 0 fully saturated rings. The molecule has 0 N–H and O–H groups in total. The van der Waals surface area contributed by atoms with E-state index in [1.165, 1.54) is 0 Å². The fourth-order valence-corrected chi connectivity index (χ4v) is 1.29. The predicted molar refractivity (Wildman–Crippen MR) is 49.6 cm³/mol. The van der Waals surface area contributed by atoms with E-state index < -0.39 is 0 Å². The van der Waals surface area contributed by atoms with E-state index in [-0.39, 0.29) is 0 Å². The Labute approximate surface area is 78.0 Å². The first-order valence-corrected chi connectivity index (χ1v) is 4.07. The lowest BCUT2D eigenvalue weighted by molar-refractivity contribution is 0.392. The first-order chi connectivity index (χ1) is 6.19. The SMILES string of the molecule is COc1nc(C)cc(C)c1CC#N. The third kappa shape index (κ3) is 1.97. The largest absolute Gasteiger partial charge is 0.481 e. The molecule has 1 heterocycles. The summed E-state index contributed by atoms with van der Waals surface area (Å²) in [5.41, 5.74) is 2.86. The number of pyridine rings is 1. The van der Waals surface area contributed by atoms with Crippen LogP contribution in [0, 0.1) is 25.2 Å². The third-order valence-corrected chi connectivity index (χ3v) is 1.89. The van der Waals surface area contributed by atoms with Crippen LogP contribution in [0.15, 0.2) is 6.07 Å². The highest BCUT2D eigenvalue weighted by Gasteiger charge is 2.08. The molecular weight excluding hydrogens is 164 g/mol. The third-order valence-electron chi connectivity index (χ3n) is 1.89. The maximum atomic E-state index is 8.60. The Balaban J connectivity index is 3.23. The van der Waals surface area contributed by atoms with Gasteiger partial charge in [-0.15, -0.1) is 0 Å². The number of rotatable bonds is 2. The number of hydrogen-bond donors (Lipinski definition) is 0. The Bertz CT molecular complexity index is 353. The van der Waals surface area contributed by atoms with Gasteiger partial charge in [-0.2, -0.15) is 5.26 Å². The van der Waals surface area contributed by atoms with Crippen LogP contribution in [-0.4, -0.2) is 12.1 Å². The van der Waals surface area contributed by atoms with Crippen LogP contribution in [0.5, 0.6) is 5.88 Å². The average molecular weight is 176 g/mol. The molecule has 0 aliphatic rings. The second-order valence-electron chi connectivity index (χ2n) is 2.90. The van der Waals surface area contributed by atoms with Crippen LogP contribution in [0.2, 0.25) is 0 Å². The number of aryl methyl sites for hydroxylation is 2. The van der Waals surface area contributed by atoms with Crippen molar-refractivity contribution < 1.29 is 4.74 Å². The molecule has 0 amide bonds. The van der Waals surface area contributed by atoms with E-state index >= 15 is 0 Å². The van der Waals surface area contributed by atoms with Crippen LogP contribution >= 0.6 is 0 Å². The predicted octanol–water partition coefficient (Wildman–Crippen LogP) is 1.77. The second kappa shape index (κ2) is 3.90. The molecule has 0 aliphatic heterocycles. The Morgan fingerprint density at radius 1 is 1.54 bits per heavy atom.